The van der Waals surface area contributed by atoms with Crippen molar-refractivity contribution in [3.63, 3.8) is 0 Å². The van der Waals surface area contributed by atoms with Crippen molar-refractivity contribution < 1.29 is 9.90 Å². The van der Waals surface area contributed by atoms with Crippen LogP contribution in [0.5, 0.6) is 5.75 Å². The van der Waals surface area contributed by atoms with Crippen LogP contribution in [0.4, 0.5) is 0 Å². The van der Waals surface area contributed by atoms with Crippen molar-refractivity contribution in [3.05, 3.63) is 58.9 Å². The number of rotatable bonds is 3. The molecule has 0 aliphatic heterocycles. The van der Waals surface area contributed by atoms with E-state index >= 15 is 0 Å². The van der Waals surface area contributed by atoms with Crippen LogP contribution in [-0.4, -0.2) is 21.0 Å². The second kappa shape index (κ2) is 5.54. The lowest BCUT2D eigenvalue weighted by Crippen LogP contribution is -2.12. The van der Waals surface area contributed by atoms with E-state index < -0.39 is 5.91 Å². The first kappa shape index (κ1) is 14.2. The zero-order chi connectivity index (χ0) is 15.7. The smallest absolute Gasteiger partial charge is 0.249 e. The number of primary amides is 1. The van der Waals surface area contributed by atoms with Gasteiger partial charge in [0.1, 0.15) is 11.4 Å². The molecule has 110 valence electrons. The maximum atomic E-state index is 11.8. The molecule has 0 aliphatic carbocycles. The highest BCUT2D eigenvalue weighted by atomic mass is 35.5. The highest BCUT2D eigenvalue weighted by Gasteiger charge is 2.12. The van der Waals surface area contributed by atoms with Crippen LogP contribution in [0, 0.1) is 0 Å². The van der Waals surface area contributed by atoms with Crippen LogP contribution < -0.4 is 5.73 Å². The van der Waals surface area contributed by atoms with E-state index in [2.05, 4.69) is 9.97 Å². The summed E-state index contributed by atoms with van der Waals surface area (Å²) in [5, 5.41) is 10.5. The number of nitrogens with two attached hydrogens (primary N) is 1. The Hall–Kier alpha value is -2.79. The number of pyridine rings is 1. The van der Waals surface area contributed by atoms with Gasteiger partial charge in [-0.2, -0.15) is 0 Å². The Morgan fingerprint density at radius 3 is 2.91 bits per heavy atom. The number of benzene rings is 1. The Labute approximate surface area is 131 Å². The number of aromatic nitrogens is 2. The van der Waals surface area contributed by atoms with Crippen LogP contribution in [0.3, 0.4) is 0 Å². The van der Waals surface area contributed by atoms with E-state index in [-0.39, 0.29) is 10.8 Å². The number of fused-ring (bicyclic) bond motifs is 1. The number of nitrogens with zero attached hydrogens (tertiary/aromatic N) is 1. The minimum atomic E-state index is -0.583. The maximum absolute atomic E-state index is 11.8. The molecule has 2 aromatic heterocycles. The van der Waals surface area contributed by atoms with Gasteiger partial charge in [-0.1, -0.05) is 17.7 Å². The van der Waals surface area contributed by atoms with E-state index in [1.54, 1.807) is 24.5 Å². The molecule has 0 aliphatic rings. The molecule has 4 N–H and O–H groups in total. The first-order valence-corrected chi connectivity index (χ1v) is 6.86. The molecular weight excluding hydrogens is 302 g/mol. The van der Waals surface area contributed by atoms with E-state index in [0.717, 1.165) is 16.6 Å². The lowest BCUT2D eigenvalue weighted by atomic mass is 10.0. The summed E-state index contributed by atoms with van der Waals surface area (Å²) in [5.74, 6) is -0.634. The van der Waals surface area contributed by atoms with Gasteiger partial charge in [0.05, 0.1) is 5.02 Å². The summed E-state index contributed by atoms with van der Waals surface area (Å²) < 4.78 is 0. The van der Waals surface area contributed by atoms with Gasteiger partial charge < -0.3 is 15.8 Å². The second-order valence-electron chi connectivity index (χ2n) is 4.73. The SMILES string of the molecule is NC(=O)C(=Cc1c[nH]c2ncccc12)c1ccc(O)c(Cl)c1. The summed E-state index contributed by atoms with van der Waals surface area (Å²) in [6.45, 7) is 0. The molecule has 0 saturated carbocycles. The number of hydrogen-bond acceptors (Lipinski definition) is 3. The largest absolute Gasteiger partial charge is 0.506 e. The van der Waals surface area contributed by atoms with Crippen molar-refractivity contribution in [1.82, 2.24) is 9.97 Å². The van der Waals surface area contributed by atoms with Crippen LogP contribution in [0.1, 0.15) is 11.1 Å². The summed E-state index contributed by atoms with van der Waals surface area (Å²) in [4.78, 5) is 19.0. The number of H-pyrrole nitrogens is 1. The number of carbonyl (C=O) groups excluding carboxylic acids is 1. The molecule has 0 saturated heterocycles. The molecule has 3 rings (SSSR count). The second-order valence-corrected chi connectivity index (χ2v) is 5.14. The summed E-state index contributed by atoms with van der Waals surface area (Å²) in [7, 11) is 0. The summed E-state index contributed by atoms with van der Waals surface area (Å²) in [6.07, 6.45) is 5.11. The molecule has 0 unspecified atom stereocenters. The number of aromatic amines is 1. The lowest BCUT2D eigenvalue weighted by Gasteiger charge is -2.05. The molecule has 6 heteroatoms. The number of hydrogen-bond donors (Lipinski definition) is 3. The van der Waals surface area contributed by atoms with E-state index in [0.29, 0.717) is 11.1 Å². The van der Waals surface area contributed by atoms with Crippen molar-refractivity contribution in [1.29, 1.82) is 0 Å². The van der Waals surface area contributed by atoms with E-state index in [9.17, 15) is 9.90 Å². The number of nitrogens with one attached hydrogen (secondary N) is 1. The quantitative estimate of drug-likeness (QED) is 0.649. The third-order valence-electron chi connectivity index (χ3n) is 3.31. The number of amides is 1. The standard InChI is InChI=1S/C16H12ClN3O2/c17-13-7-9(3-4-14(13)21)12(15(18)22)6-10-8-20-16-11(10)2-1-5-19-16/h1-8,21H,(H2,18,22)(H,19,20). The molecule has 1 aromatic carbocycles. The number of phenols is 1. The van der Waals surface area contributed by atoms with Gasteiger partial charge in [-0.3, -0.25) is 4.79 Å². The lowest BCUT2D eigenvalue weighted by molar-refractivity contribution is -0.112. The van der Waals surface area contributed by atoms with Gasteiger partial charge in [0.15, 0.2) is 0 Å². The molecule has 5 nitrogen and oxygen atoms in total. The average molecular weight is 314 g/mol. The molecule has 0 spiro atoms. The van der Waals surface area contributed by atoms with Gasteiger partial charge in [0.25, 0.3) is 0 Å². The van der Waals surface area contributed by atoms with Gasteiger partial charge >= 0.3 is 0 Å². The predicted molar refractivity (Wildman–Crippen MR) is 86.3 cm³/mol. The summed E-state index contributed by atoms with van der Waals surface area (Å²) in [5.41, 5.74) is 7.83. The molecule has 0 fully saturated rings. The third-order valence-corrected chi connectivity index (χ3v) is 3.61. The minimum absolute atomic E-state index is 0.0504. The molecule has 22 heavy (non-hydrogen) atoms. The topological polar surface area (TPSA) is 92.0 Å². The van der Waals surface area contributed by atoms with Crippen LogP contribution in [0.15, 0.2) is 42.7 Å². The minimum Gasteiger partial charge on any atom is -0.506 e. The Bertz CT molecular complexity index is 899. The number of carbonyl (C=O) groups is 1. The van der Waals surface area contributed by atoms with Crippen molar-refractivity contribution in [2.24, 2.45) is 5.73 Å². The number of aromatic hydroxyl groups is 1. The molecular formula is C16H12ClN3O2. The van der Waals surface area contributed by atoms with Gasteiger partial charge in [-0.15, -0.1) is 0 Å². The zero-order valence-electron chi connectivity index (χ0n) is 11.4. The van der Waals surface area contributed by atoms with E-state index in [4.69, 9.17) is 17.3 Å². The van der Waals surface area contributed by atoms with Crippen molar-refractivity contribution in [2.45, 2.75) is 0 Å². The Balaban J connectivity index is 2.15. The molecule has 0 bridgehead atoms. The Morgan fingerprint density at radius 2 is 2.18 bits per heavy atom. The van der Waals surface area contributed by atoms with Crippen molar-refractivity contribution in [3.8, 4) is 5.75 Å². The van der Waals surface area contributed by atoms with Gasteiger partial charge in [0, 0.05) is 28.9 Å². The number of halogens is 1. The first-order chi connectivity index (χ1) is 10.6. The van der Waals surface area contributed by atoms with Crippen molar-refractivity contribution in [2.75, 3.05) is 0 Å². The van der Waals surface area contributed by atoms with Crippen LogP contribution in [0.2, 0.25) is 5.02 Å². The Kier molecular flexibility index (Phi) is 3.56. The van der Waals surface area contributed by atoms with Crippen molar-refractivity contribution >= 4 is 40.2 Å². The fourth-order valence-corrected chi connectivity index (χ4v) is 2.40. The fraction of sp³-hybridized carbons (Fsp3) is 0. The zero-order valence-corrected chi connectivity index (χ0v) is 12.1. The first-order valence-electron chi connectivity index (χ1n) is 6.49. The average Bonchev–Trinajstić information content (AvgIpc) is 2.91. The van der Waals surface area contributed by atoms with Gasteiger partial charge in [-0.05, 0) is 35.9 Å². The number of phenolic OH excluding ortho intramolecular Hbond substituents is 1. The van der Waals surface area contributed by atoms with E-state index in [1.165, 1.54) is 12.1 Å². The third kappa shape index (κ3) is 2.54. The molecule has 2 heterocycles. The molecule has 3 aromatic rings. The Morgan fingerprint density at radius 1 is 1.36 bits per heavy atom. The highest BCUT2D eigenvalue weighted by molar-refractivity contribution is 6.33. The molecule has 0 radical (unpaired) electrons. The fourth-order valence-electron chi connectivity index (χ4n) is 2.22. The van der Waals surface area contributed by atoms with Gasteiger partial charge in [0.2, 0.25) is 5.91 Å². The monoisotopic (exact) mass is 313 g/mol. The normalized spacial score (nSPS) is 11.8. The highest BCUT2D eigenvalue weighted by Crippen LogP contribution is 2.29. The summed E-state index contributed by atoms with van der Waals surface area (Å²) >= 11 is 5.89. The van der Waals surface area contributed by atoms with E-state index in [1.807, 2.05) is 12.1 Å². The molecule has 1 amide bonds. The molecule has 0 atom stereocenters. The van der Waals surface area contributed by atoms with Crippen LogP contribution >= 0.6 is 11.6 Å². The summed E-state index contributed by atoms with van der Waals surface area (Å²) in [6, 6.07) is 8.22. The predicted octanol–water partition coefficient (Wildman–Crippen LogP) is 2.95. The van der Waals surface area contributed by atoms with Crippen LogP contribution in [-0.2, 0) is 4.79 Å². The van der Waals surface area contributed by atoms with Gasteiger partial charge in [-0.25, -0.2) is 4.98 Å². The maximum Gasteiger partial charge on any atom is 0.249 e. The van der Waals surface area contributed by atoms with Crippen LogP contribution in [0.25, 0.3) is 22.7 Å².